The van der Waals surface area contributed by atoms with Gasteiger partial charge in [-0.05, 0) is 86.7 Å². The van der Waals surface area contributed by atoms with Gasteiger partial charge in [0.2, 0.25) is 0 Å². The van der Waals surface area contributed by atoms with Crippen LogP contribution in [-0.2, 0) is 56.1 Å². The van der Waals surface area contributed by atoms with Crippen molar-refractivity contribution in [1.29, 1.82) is 0 Å². The lowest BCUT2D eigenvalue weighted by Crippen LogP contribution is -2.33. The maximum absolute atomic E-state index is 7.00. The van der Waals surface area contributed by atoms with Gasteiger partial charge in [-0.25, -0.2) is 0 Å². The topological polar surface area (TPSA) is 0 Å². The molecule has 2 aromatic carbocycles. The Morgan fingerprint density at radius 1 is 0.419 bits per heavy atom. The second-order valence-electron chi connectivity index (χ2n) is 19.0. The first-order valence-corrected chi connectivity index (χ1v) is 25.1. The number of benzene rings is 2. The van der Waals surface area contributed by atoms with Gasteiger partial charge in [-0.15, -0.1) is 0 Å². The lowest BCUT2D eigenvalue weighted by molar-refractivity contribution is 0.553. The summed E-state index contributed by atoms with van der Waals surface area (Å²) in [5.74, 6) is 0.960. The Bertz CT molecular complexity index is 1300. The molecule has 0 bridgehead atoms. The highest BCUT2D eigenvalue weighted by Gasteiger charge is 2.47. The van der Waals surface area contributed by atoms with Gasteiger partial charge in [-0.1, -0.05) is 173 Å². The summed E-state index contributed by atoms with van der Waals surface area (Å²) in [5.41, 5.74) is 8.67. The van der Waals surface area contributed by atoms with Crippen LogP contribution in [0.3, 0.4) is 0 Å². The van der Waals surface area contributed by atoms with Crippen molar-refractivity contribution in [2.75, 3.05) is 5.90 Å². The van der Waals surface area contributed by atoms with Crippen LogP contribution in [0.1, 0.15) is 158 Å². The Morgan fingerprint density at radius 3 is 0.791 bits per heavy atom. The molecule has 1 fully saturated rings. The van der Waals surface area contributed by atoms with Crippen LogP contribution in [0.4, 0.5) is 0 Å². The first-order chi connectivity index (χ1) is 18.8. The highest BCUT2D eigenvalue weighted by Crippen LogP contribution is 2.88. The molecule has 43 heavy (non-hydrogen) atoms. The van der Waals surface area contributed by atoms with Gasteiger partial charge in [-0.3, -0.25) is 0 Å². The largest absolute Gasteiger partial charge is 0.0796 e. The molecule has 1 heterocycles. The van der Waals surface area contributed by atoms with Gasteiger partial charge >= 0.3 is 0 Å². The molecule has 0 aliphatic carbocycles. The Balaban J connectivity index is 2.45. The summed E-state index contributed by atoms with van der Waals surface area (Å²) in [4.78, 5) is 0. The number of rotatable bonds is 2. The molecule has 0 nitrogen and oxygen atoms in total. The minimum atomic E-state index is -2.08. The van der Waals surface area contributed by atoms with Crippen LogP contribution in [0, 0.1) is 0 Å². The molecule has 0 amide bonds. The minimum Gasteiger partial charge on any atom is -0.0796 e. The summed E-state index contributed by atoms with van der Waals surface area (Å²) >= 11 is 14.0. The summed E-state index contributed by atoms with van der Waals surface area (Å²) in [5, 5.41) is -1.21. The van der Waals surface area contributed by atoms with Gasteiger partial charge in [-0.2, -0.15) is 0 Å². The third kappa shape index (κ3) is 7.95. The van der Waals surface area contributed by atoms with Crippen molar-refractivity contribution in [2.45, 2.75) is 157 Å². The first kappa shape index (κ1) is 37.9. The number of hydrogen-bond donors (Lipinski definition) is 0. The standard InChI is InChI=1S/C37H60P2S4/c1-32(2,3)24-19-26(34(7,8)9)30(27(20-24)35(10,11)12)38(40)23-39(41,43-42-38)31-28(36(13,14)15)21-25(33(4,5)6)22-29(31)37(16,17)18/h19-22H,23H2,1-18H3. The van der Waals surface area contributed by atoms with Crippen LogP contribution in [0.15, 0.2) is 24.3 Å². The average Bonchev–Trinajstić information content (AvgIpc) is 3.10. The van der Waals surface area contributed by atoms with E-state index in [0.717, 1.165) is 5.90 Å². The van der Waals surface area contributed by atoms with Crippen molar-refractivity contribution in [3.63, 3.8) is 0 Å². The molecule has 2 atom stereocenters. The van der Waals surface area contributed by atoms with E-state index in [0.29, 0.717) is 0 Å². The zero-order chi connectivity index (χ0) is 33.6. The van der Waals surface area contributed by atoms with E-state index < -0.39 is 10.5 Å². The van der Waals surface area contributed by atoms with Gasteiger partial charge in [0.15, 0.2) is 0 Å². The fourth-order valence-electron chi connectivity index (χ4n) is 5.77. The third-order valence-electron chi connectivity index (χ3n) is 8.51. The van der Waals surface area contributed by atoms with E-state index in [2.05, 4.69) is 149 Å². The summed E-state index contributed by atoms with van der Waals surface area (Å²) < 4.78 is 0. The van der Waals surface area contributed by atoms with E-state index in [1.54, 1.807) is 0 Å². The Hall–Kier alpha value is 0.440. The molecule has 242 valence electrons. The van der Waals surface area contributed by atoms with Gasteiger partial charge in [0.05, 0.1) is 10.5 Å². The highest BCUT2D eigenvalue weighted by molar-refractivity contribution is 9.24. The van der Waals surface area contributed by atoms with Gasteiger partial charge in [0.25, 0.3) is 0 Å². The normalized spacial score (nSPS) is 22.7. The van der Waals surface area contributed by atoms with Gasteiger partial charge in [0.1, 0.15) is 0 Å². The van der Waals surface area contributed by atoms with E-state index in [4.69, 9.17) is 23.6 Å². The van der Waals surface area contributed by atoms with Crippen LogP contribution in [0.2, 0.25) is 0 Å². The fourth-order valence-corrected chi connectivity index (χ4v) is 41.9. The SMILES string of the molecule is CC(C)(C)c1cc(C(C)(C)C)c(P2(=S)CP(=S)(c3c(C(C)(C)C)cc(C(C)(C)C)cc3C(C)(C)C)SS2)c(C(C)(C)C)c1. The van der Waals surface area contributed by atoms with Crippen molar-refractivity contribution in [3.8, 4) is 0 Å². The van der Waals surface area contributed by atoms with E-state index in [-0.39, 0.29) is 32.5 Å². The molecule has 0 spiro atoms. The van der Waals surface area contributed by atoms with Crippen molar-refractivity contribution < 1.29 is 0 Å². The molecule has 1 saturated heterocycles. The Kier molecular flexibility index (Phi) is 10.2. The molecule has 0 saturated carbocycles. The van der Waals surface area contributed by atoms with Crippen LogP contribution in [0.5, 0.6) is 0 Å². The highest BCUT2D eigenvalue weighted by atomic mass is 33.5. The monoisotopic (exact) mass is 694 g/mol. The second kappa shape index (κ2) is 11.5. The van der Waals surface area contributed by atoms with Crippen molar-refractivity contribution in [3.05, 3.63) is 57.6 Å². The third-order valence-corrected chi connectivity index (χ3v) is 32.4. The molecule has 2 aromatic rings. The molecule has 1 aliphatic heterocycles. The van der Waals surface area contributed by atoms with Crippen LogP contribution >= 0.6 is 31.3 Å². The minimum absolute atomic E-state index is 0.0136. The Labute approximate surface area is 284 Å². The predicted molar refractivity (Wildman–Crippen MR) is 213 cm³/mol. The van der Waals surface area contributed by atoms with Crippen molar-refractivity contribution in [2.24, 2.45) is 0 Å². The molecule has 0 N–H and O–H groups in total. The Morgan fingerprint density at radius 2 is 0.628 bits per heavy atom. The van der Waals surface area contributed by atoms with Crippen molar-refractivity contribution in [1.82, 2.24) is 0 Å². The second-order valence-corrected chi connectivity index (χ2v) is 36.4. The van der Waals surface area contributed by atoms with E-state index in [9.17, 15) is 0 Å². The molecule has 1 aliphatic rings. The van der Waals surface area contributed by atoms with E-state index in [1.165, 1.54) is 44.0 Å². The summed E-state index contributed by atoms with van der Waals surface area (Å²) in [6.45, 7) is 42.5. The predicted octanol–water partition coefficient (Wildman–Crippen LogP) is 12.6. The molecule has 0 radical (unpaired) electrons. The van der Waals surface area contributed by atoms with Crippen LogP contribution in [0.25, 0.3) is 0 Å². The summed E-state index contributed by atoms with van der Waals surface area (Å²) in [7, 11) is 4.02. The summed E-state index contributed by atoms with van der Waals surface area (Å²) in [6, 6.07) is 10.0. The molecule has 6 heteroatoms. The molecule has 0 aromatic heterocycles. The zero-order valence-electron chi connectivity index (χ0n) is 30.5. The van der Waals surface area contributed by atoms with Crippen LogP contribution < -0.4 is 10.6 Å². The summed E-state index contributed by atoms with van der Waals surface area (Å²) in [6.07, 6.45) is 0. The lowest BCUT2D eigenvalue weighted by Gasteiger charge is -2.37. The maximum atomic E-state index is 7.00. The van der Waals surface area contributed by atoms with Crippen molar-refractivity contribution >= 4 is 65.5 Å². The molecular formula is C37H60P2S4. The smallest absolute Gasteiger partial charge is 0.0516 e. The molecule has 2 unspecified atom stereocenters. The quantitative estimate of drug-likeness (QED) is 0.227. The van der Waals surface area contributed by atoms with E-state index >= 15 is 0 Å². The number of hydrogen-bond acceptors (Lipinski definition) is 4. The molecule has 3 rings (SSSR count). The molecular weight excluding hydrogens is 635 g/mol. The van der Waals surface area contributed by atoms with E-state index in [1.807, 2.05) is 20.8 Å². The zero-order valence-corrected chi connectivity index (χ0v) is 35.6. The lowest BCUT2D eigenvalue weighted by atomic mass is 9.75. The maximum Gasteiger partial charge on any atom is 0.0516 e. The fraction of sp³-hybridized carbons (Fsp3) is 0.676. The van der Waals surface area contributed by atoms with Gasteiger partial charge in [0, 0.05) is 16.5 Å². The van der Waals surface area contributed by atoms with Crippen LogP contribution in [-0.4, -0.2) is 5.90 Å². The average molecular weight is 695 g/mol. The van der Waals surface area contributed by atoms with Gasteiger partial charge < -0.3 is 0 Å². The first-order valence-electron chi connectivity index (χ1n) is 15.8.